The Morgan fingerprint density at radius 2 is 1.63 bits per heavy atom. The fraction of sp³-hybridized carbons (Fsp3) is 0.143. The van der Waals surface area contributed by atoms with Crippen molar-refractivity contribution in [1.29, 1.82) is 0 Å². The maximum absolute atomic E-state index is 12.1. The van der Waals surface area contributed by atoms with Crippen LogP contribution >= 0.6 is 23.2 Å². The molecule has 4 rings (SSSR count). The lowest BCUT2D eigenvalue weighted by Gasteiger charge is -2.12. The summed E-state index contributed by atoms with van der Waals surface area (Å²) < 4.78 is 1.05. The Kier molecular flexibility index (Phi) is 5.09. The third-order valence-electron chi connectivity index (χ3n) is 4.84. The minimum absolute atomic E-state index is 0.113. The first-order valence-electron chi connectivity index (χ1n) is 9.04. The molecule has 0 amide bonds. The van der Waals surface area contributed by atoms with Gasteiger partial charge in [0.15, 0.2) is 0 Å². The lowest BCUT2D eigenvalue weighted by molar-refractivity contribution is 0.727. The van der Waals surface area contributed by atoms with Gasteiger partial charge in [0, 0.05) is 27.5 Å². The van der Waals surface area contributed by atoms with E-state index in [-0.39, 0.29) is 11.3 Å². The largest absolute Gasteiger partial charge is 0.349 e. The van der Waals surface area contributed by atoms with Gasteiger partial charge in [0.2, 0.25) is 0 Å². The molecule has 0 spiro atoms. The molecular weight excluding hydrogens is 427 g/mol. The molecule has 0 fully saturated rings. The van der Waals surface area contributed by atoms with Gasteiger partial charge in [-0.25, -0.2) is 4.79 Å². The third-order valence-corrected chi connectivity index (χ3v) is 5.51. The van der Waals surface area contributed by atoms with E-state index in [0.717, 1.165) is 21.1 Å². The summed E-state index contributed by atoms with van der Waals surface area (Å²) in [6.07, 6.45) is 0.457. The summed E-state index contributed by atoms with van der Waals surface area (Å²) in [7, 11) is 0. The monoisotopic (exact) mass is 442 g/mol. The summed E-state index contributed by atoms with van der Waals surface area (Å²) in [6, 6.07) is 10.7. The van der Waals surface area contributed by atoms with Crippen LogP contribution in [0.2, 0.25) is 10.0 Å². The van der Waals surface area contributed by atoms with Gasteiger partial charge in [-0.2, -0.15) is 9.78 Å². The lowest BCUT2D eigenvalue weighted by atomic mass is 10.0. The van der Waals surface area contributed by atoms with E-state index in [1.165, 1.54) is 6.92 Å². The molecule has 9 heteroatoms. The van der Waals surface area contributed by atoms with Crippen molar-refractivity contribution in [3.63, 3.8) is 0 Å². The highest BCUT2D eigenvalue weighted by Crippen LogP contribution is 2.30. The highest BCUT2D eigenvalue weighted by Gasteiger charge is 2.13. The van der Waals surface area contributed by atoms with Crippen LogP contribution in [-0.2, 0) is 6.42 Å². The van der Waals surface area contributed by atoms with E-state index in [1.807, 2.05) is 24.3 Å². The van der Waals surface area contributed by atoms with Crippen LogP contribution in [-0.4, -0.2) is 19.7 Å². The minimum atomic E-state index is -0.677. The topological polar surface area (TPSA) is 101 Å². The average molecular weight is 443 g/mol. The molecule has 0 radical (unpaired) electrons. The summed E-state index contributed by atoms with van der Waals surface area (Å²) in [4.78, 5) is 40.5. The molecule has 0 aliphatic rings. The first-order chi connectivity index (χ1) is 14.2. The van der Waals surface area contributed by atoms with E-state index in [2.05, 4.69) is 15.1 Å². The molecule has 0 bridgehead atoms. The number of aromatic nitrogens is 4. The molecule has 0 aliphatic heterocycles. The molecule has 152 valence electrons. The first-order valence-corrected chi connectivity index (χ1v) is 9.79. The van der Waals surface area contributed by atoms with Crippen molar-refractivity contribution < 1.29 is 0 Å². The lowest BCUT2D eigenvalue weighted by Crippen LogP contribution is -2.32. The number of fused-ring (bicyclic) bond motifs is 1. The molecule has 0 unspecified atom stereocenters. The van der Waals surface area contributed by atoms with Crippen molar-refractivity contribution in [2.24, 2.45) is 0 Å². The van der Waals surface area contributed by atoms with Gasteiger partial charge in [-0.15, -0.1) is 0 Å². The van der Waals surface area contributed by atoms with Gasteiger partial charge in [-0.05, 0) is 60.7 Å². The summed E-state index contributed by atoms with van der Waals surface area (Å²) in [5.41, 5.74) is 2.20. The van der Waals surface area contributed by atoms with E-state index in [1.54, 1.807) is 19.1 Å². The van der Waals surface area contributed by atoms with Crippen LogP contribution < -0.4 is 16.8 Å². The summed E-state index contributed by atoms with van der Waals surface area (Å²) in [5.74, 6) is 0. The van der Waals surface area contributed by atoms with E-state index >= 15 is 0 Å². The first kappa shape index (κ1) is 20.1. The Balaban J connectivity index is 1.74. The van der Waals surface area contributed by atoms with E-state index < -0.39 is 11.2 Å². The Morgan fingerprint density at radius 3 is 2.33 bits per heavy atom. The van der Waals surface area contributed by atoms with Gasteiger partial charge in [-0.3, -0.25) is 14.6 Å². The maximum Gasteiger partial charge on any atom is 0.349 e. The van der Waals surface area contributed by atoms with Crippen molar-refractivity contribution in [2.45, 2.75) is 20.3 Å². The molecule has 7 nitrogen and oxygen atoms in total. The van der Waals surface area contributed by atoms with Crippen LogP contribution in [0, 0.1) is 13.8 Å². The highest BCUT2D eigenvalue weighted by atomic mass is 35.5. The van der Waals surface area contributed by atoms with Gasteiger partial charge < -0.3 is 4.98 Å². The van der Waals surface area contributed by atoms with Crippen LogP contribution in [0.15, 0.2) is 50.8 Å². The minimum Gasteiger partial charge on any atom is -0.322 e. The molecule has 0 saturated carbocycles. The number of hydrogen-bond donors (Lipinski definition) is 2. The Labute approximate surface area is 179 Å². The van der Waals surface area contributed by atoms with Gasteiger partial charge >= 0.3 is 5.69 Å². The molecule has 30 heavy (non-hydrogen) atoms. The SMILES string of the molecule is Cc1cc2cc(Cc3c(Cl)cc(-n4nc(C)c(=O)[nH]c4=O)cc3Cl)ccc2[nH]c1=O. The number of benzene rings is 2. The number of aromatic amines is 2. The Bertz CT molecular complexity index is 1460. The zero-order valence-electron chi connectivity index (χ0n) is 16.0. The second-order valence-electron chi connectivity index (χ2n) is 7.02. The van der Waals surface area contributed by atoms with Crippen LogP contribution in [0.4, 0.5) is 0 Å². The van der Waals surface area contributed by atoms with Crippen LogP contribution in [0.3, 0.4) is 0 Å². The standard InChI is InChI=1S/C21H16Cl2N4O3/c1-10-5-13-6-12(3-4-18(13)24-19(10)28)7-15-16(22)8-14(9-17(15)23)27-21(30)25-20(29)11(2)26-27/h3-6,8-9H,7H2,1-2H3,(H,24,28)(H,25,29,30). The van der Waals surface area contributed by atoms with Crippen molar-refractivity contribution in [2.75, 3.05) is 0 Å². The van der Waals surface area contributed by atoms with Gasteiger partial charge in [0.25, 0.3) is 11.1 Å². The third kappa shape index (κ3) is 3.69. The molecule has 0 aliphatic carbocycles. The number of H-pyrrole nitrogens is 2. The predicted octanol–water partition coefficient (Wildman–Crippen LogP) is 3.28. The molecule has 2 aromatic carbocycles. The smallest absolute Gasteiger partial charge is 0.322 e. The number of rotatable bonds is 3. The number of nitrogens with one attached hydrogen (secondary N) is 2. The number of hydrogen-bond acceptors (Lipinski definition) is 4. The van der Waals surface area contributed by atoms with Crippen LogP contribution in [0.1, 0.15) is 22.4 Å². The normalized spacial score (nSPS) is 11.2. The average Bonchev–Trinajstić information content (AvgIpc) is 2.68. The molecule has 2 N–H and O–H groups in total. The van der Waals surface area contributed by atoms with Gasteiger partial charge in [0.1, 0.15) is 5.69 Å². The fourth-order valence-electron chi connectivity index (χ4n) is 3.22. The molecule has 2 aromatic heterocycles. The number of halogens is 2. The molecular formula is C21H16Cl2N4O3. The quantitative estimate of drug-likeness (QED) is 0.508. The summed E-state index contributed by atoms with van der Waals surface area (Å²) in [5, 5.41) is 5.65. The van der Waals surface area contributed by atoms with Crippen molar-refractivity contribution in [1.82, 2.24) is 19.7 Å². The van der Waals surface area contributed by atoms with Crippen molar-refractivity contribution in [3.05, 3.63) is 100 Å². The van der Waals surface area contributed by atoms with Crippen molar-refractivity contribution in [3.8, 4) is 5.69 Å². The highest BCUT2D eigenvalue weighted by molar-refractivity contribution is 6.36. The van der Waals surface area contributed by atoms with Gasteiger partial charge in [-0.1, -0.05) is 29.3 Å². The summed E-state index contributed by atoms with van der Waals surface area (Å²) in [6.45, 7) is 3.26. The summed E-state index contributed by atoms with van der Waals surface area (Å²) >= 11 is 13.0. The number of nitrogens with zero attached hydrogens (tertiary/aromatic N) is 2. The second kappa shape index (κ2) is 7.59. The molecule has 4 aromatic rings. The molecule has 0 saturated heterocycles. The molecule has 0 atom stereocenters. The number of aryl methyl sites for hydroxylation is 2. The van der Waals surface area contributed by atoms with E-state index in [0.29, 0.717) is 33.3 Å². The molecule has 2 heterocycles. The Morgan fingerprint density at radius 1 is 0.933 bits per heavy atom. The predicted molar refractivity (Wildman–Crippen MR) is 117 cm³/mol. The zero-order valence-corrected chi connectivity index (χ0v) is 17.6. The zero-order chi connectivity index (χ0) is 21.6. The van der Waals surface area contributed by atoms with E-state index in [9.17, 15) is 14.4 Å². The Hall–Kier alpha value is -3.16. The van der Waals surface area contributed by atoms with Crippen LogP contribution in [0.25, 0.3) is 16.6 Å². The second-order valence-corrected chi connectivity index (χ2v) is 7.84. The van der Waals surface area contributed by atoms with E-state index in [4.69, 9.17) is 23.2 Å². The van der Waals surface area contributed by atoms with Crippen molar-refractivity contribution >= 4 is 34.1 Å². The van der Waals surface area contributed by atoms with Crippen LogP contribution in [0.5, 0.6) is 0 Å². The number of pyridine rings is 1. The fourth-order valence-corrected chi connectivity index (χ4v) is 3.83. The van der Waals surface area contributed by atoms with Gasteiger partial charge in [0.05, 0.1) is 5.69 Å². The maximum atomic E-state index is 12.1.